The molecule has 19 heavy (non-hydrogen) atoms. The van der Waals surface area contributed by atoms with Crippen LogP contribution in [-0.4, -0.2) is 43.7 Å². The molecule has 1 aromatic carbocycles. The van der Waals surface area contributed by atoms with E-state index in [1.54, 1.807) is 0 Å². The van der Waals surface area contributed by atoms with Crippen LogP contribution in [0.4, 0.5) is 5.69 Å². The first-order chi connectivity index (χ1) is 9.10. The predicted octanol–water partition coefficient (Wildman–Crippen LogP) is 2.27. The number of hydrogen-bond acceptors (Lipinski definition) is 3. The molecule has 2 rings (SSSR count). The lowest BCUT2D eigenvalue weighted by atomic mass is 9.96. The van der Waals surface area contributed by atoms with Crippen molar-refractivity contribution in [1.29, 1.82) is 0 Å². The molecule has 3 heteroatoms. The highest BCUT2D eigenvalue weighted by molar-refractivity contribution is 5.54. The van der Waals surface area contributed by atoms with Crippen LogP contribution in [0.5, 0.6) is 0 Å². The van der Waals surface area contributed by atoms with Crippen molar-refractivity contribution in [2.75, 3.05) is 38.6 Å². The van der Waals surface area contributed by atoms with Crippen LogP contribution in [0.2, 0.25) is 0 Å². The average Bonchev–Trinajstić information content (AvgIpc) is 2.41. The number of hydrogen-bond donors (Lipinski definition) is 1. The van der Waals surface area contributed by atoms with E-state index in [4.69, 9.17) is 0 Å². The number of likely N-dealkylation sites (tertiary alicyclic amines) is 1. The van der Waals surface area contributed by atoms with Crippen LogP contribution in [0.3, 0.4) is 0 Å². The molecule has 0 bridgehead atoms. The molecule has 0 aliphatic carbocycles. The molecule has 3 nitrogen and oxygen atoms in total. The molecule has 0 aromatic heterocycles. The summed E-state index contributed by atoms with van der Waals surface area (Å²) < 4.78 is 0. The maximum atomic E-state index is 9.50. The maximum absolute atomic E-state index is 9.50. The van der Waals surface area contributed by atoms with Crippen molar-refractivity contribution in [1.82, 2.24) is 4.90 Å². The molecule has 1 fully saturated rings. The topological polar surface area (TPSA) is 26.7 Å². The Labute approximate surface area is 116 Å². The molecule has 0 atom stereocenters. The first kappa shape index (κ1) is 14.4. The fraction of sp³-hybridized carbons (Fsp3) is 0.625. The second kappa shape index (κ2) is 6.40. The second-order valence-electron chi connectivity index (χ2n) is 5.92. The summed E-state index contributed by atoms with van der Waals surface area (Å²) in [6.07, 6.45) is 2.56. The third-order valence-electron chi connectivity index (χ3n) is 4.19. The largest absolute Gasteiger partial charge is 0.392 e. The number of nitrogens with zero attached hydrogens (tertiary/aromatic N) is 2. The van der Waals surface area contributed by atoms with Crippen LogP contribution in [0.1, 0.15) is 24.0 Å². The first-order valence-electron chi connectivity index (χ1n) is 7.20. The zero-order chi connectivity index (χ0) is 13.8. The van der Waals surface area contributed by atoms with Crippen molar-refractivity contribution in [2.45, 2.75) is 26.4 Å². The average molecular weight is 262 g/mol. The van der Waals surface area contributed by atoms with Gasteiger partial charge < -0.3 is 14.9 Å². The van der Waals surface area contributed by atoms with Gasteiger partial charge >= 0.3 is 0 Å². The Hall–Kier alpha value is -1.06. The standard InChI is InChI=1S/C16H26N2O/c1-13-4-5-16(15(10-13)12-19)18(3)11-14-6-8-17(2)9-7-14/h4-5,10,14,19H,6-9,11-12H2,1-3H3. The number of anilines is 1. The van der Waals surface area contributed by atoms with Gasteiger partial charge in [0.2, 0.25) is 0 Å². The lowest BCUT2D eigenvalue weighted by Crippen LogP contribution is -2.36. The smallest absolute Gasteiger partial charge is 0.0702 e. The molecule has 1 aliphatic heterocycles. The van der Waals surface area contributed by atoms with Gasteiger partial charge in [-0.2, -0.15) is 0 Å². The van der Waals surface area contributed by atoms with Gasteiger partial charge in [0.05, 0.1) is 6.61 Å². The Morgan fingerprint density at radius 1 is 1.32 bits per heavy atom. The van der Waals surface area contributed by atoms with Crippen molar-refractivity contribution in [3.8, 4) is 0 Å². The Balaban J connectivity index is 2.01. The third-order valence-corrected chi connectivity index (χ3v) is 4.19. The monoisotopic (exact) mass is 262 g/mol. The van der Waals surface area contributed by atoms with Gasteiger partial charge in [-0.05, 0) is 51.9 Å². The van der Waals surface area contributed by atoms with E-state index in [0.717, 1.165) is 18.0 Å². The van der Waals surface area contributed by atoms with Gasteiger partial charge in [-0.15, -0.1) is 0 Å². The fourth-order valence-electron chi connectivity index (χ4n) is 2.94. The van der Waals surface area contributed by atoms with E-state index in [9.17, 15) is 5.11 Å². The summed E-state index contributed by atoms with van der Waals surface area (Å²) in [5, 5.41) is 9.50. The molecule has 0 saturated carbocycles. The minimum atomic E-state index is 0.120. The van der Waals surface area contributed by atoms with Crippen LogP contribution in [-0.2, 0) is 6.61 Å². The van der Waals surface area contributed by atoms with E-state index in [1.807, 2.05) is 0 Å². The molecule has 1 aromatic rings. The Bertz CT molecular complexity index is 411. The molecule has 0 unspecified atom stereocenters. The number of piperidine rings is 1. The van der Waals surface area contributed by atoms with E-state index < -0.39 is 0 Å². The highest BCUT2D eigenvalue weighted by Gasteiger charge is 2.19. The SMILES string of the molecule is Cc1ccc(N(C)CC2CCN(C)CC2)c(CO)c1. The lowest BCUT2D eigenvalue weighted by molar-refractivity contribution is 0.222. The van der Waals surface area contributed by atoms with E-state index in [0.29, 0.717) is 0 Å². The van der Waals surface area contributed by atoms with Crippen molar-refractivity contribution < 1.29 is 5.11 Å². The summed E-state index contributed by atoms with van der Waals surface area (Å²) in [4.78, 5) is 4.71. The molecule has 1 aliphatic rings. The molecule has 0 spiro atoms. The second-order valence-corrected chi connectivity index (χ2v) is 5.92. The Morgan fingerprint density at radius 2 is 2.00 bits per heavy atom. The van der Waals surface area contributed by atoms with Crippen molar-refractivity contribution in [3.05, 3.63) is 29.3 Å². The van der Waals surface area contributed by atoms with E-state index >= 15 is 0 Å². The first-order valence-corrected chi connectivity index (χ1v) is 7.20. The Morgan fingerprint density at radius 3 is 2.63 bits per heavy atom. The van der Waals surface area contributed by atoms with Crippen LogP contribution in [0, 0.1) is 12.8 Å². The molecular weight excluding hydrogens is 236 g/mol. The van der Waals surface area contributed by atoms with Crippen molar-refractivity contribution in [3.63, 3.8) is 0 Å². The minimum Gasteiger partial charge on any atom is -0.392 e. The molecule has 0 radical (unpaired) electrons. The summed E-state index contributed by atoms with van der Waals surface area (Å²) >= 11 is 0. The maximum Gasteiger partial charge on any atom is 0.0702 e. The lowest BCUT2D eigenvalue weighted by Gasteiger charge is -2.33. The summed E-state index contributed by atoms with van der Waals surface area (Å²) in [5.74, 6) is 0.772. The van der Waals surface area contributed by atoms with E-state index in [-0.39, 0.29) is 6.61 Å². The summed E-state index contributed by atoms with van der Waals surface area (Å²) in [6, 6.07) is 6.34. The van der Waals surface area contributed by atoms with Gasteiger partial charge in [0.15, 0.2) is 0 Å². The van der Waals surface area contributed by atoms with Gasteiger partial charge in [-0.25, -0.2) is 0 Å². The summed E-state index contributed by atoms with van der Waals surface area (Å²) in [6.45, 7) is 5.69. The van der Waals surface area contributed by atoms with Crippen molar-refractivity contribution >= 4 is 5.69 Å². The zero-order valence-corrected chi connectivity index (χ0v) is 12.4. The minimum absolute atomic E-state index is 0.120. The zero-order valence-electron chi connectivity index (χ0n) is 12.4. The molecule has 1 saturated heterocycles. The normalized spacial score (nSPS) is 17.7. The number of aliphatic hydroxyl groups excluding tert-OH is 1. The number of aryl methyl sites for hydroxylation is 1. The van der Waals surface area contributed by atoms with Gasteiger partial charge in [0.1, 0.15) is 0 Å². The molecule has 0 amide bonds. The van der Waals surface area contributed by atoms with Gasteiger partial charge in [0, 0.05) is 24.8 Å². The molecule has 106 valence electrons. The summed E-state index contributed by atoms with van der Waals surface area (Å²) in [5.41, 5.74) is 3.42. The van der Waals surface area contributed by atoms with E-state index in [1.165, 1.54) is 37.2 Å². The highest BCUT2D eigenvalue weighted by Crippen LogP contribution is 2.24. The number of aliphatic hydroxyl groups is 1. The molecule has 1 N–H and O–H groups in total. The van der Waals surface area contributed by atoms with Gasteiger partial charge in [-0.1, -0.05) is 17.7 Å². The summed E-state index contributed by atoms with van der Waals surface area (Å²) in [7, 11) is 4.34. The predicted molar refractivity (Wildman–Crippen MR) is 80.6 cm³/mol. The Kier molecular flexibility index (Phi) is 4.83. The van der Waals surface area contributed by atoms with Crippen LogP contribution < -0.4 is 4.90 Å². The number of rotatable bonds is 4. The van der Waals surface area contributed by atoms with E-state index in [2.05, 4.69) is 49.0 Å². The molecular formula is C16H26N2O. The third kappa shape index (κ3) is 3.71. The quantitative estimate of drug-likeness (QED) is 0.901. The fourth-order valence-corrected chi connectivity index (χ4v) is 2.94. The van der Waals surface area contributed by atoms with Gasteiger partial charge in [-0.3, -0.25) is 0 Å². The van der Waals surface area contributed by atoms with Gasteiger partial charge in [0.25, 0.3) is 0 Å². The van der Waals surface area contributed by atoms with Crippen LogP contribution in [0.15, 0.2) is 18.2 Å². The van der Waals surface area contributed by atoms with Crippen LogP contribution >= 0.6 is 0 Å². The number of benzene rings is 1. The highest BCUT2D eigenvalue weighted by atomic mass is 16.3. The van der Waals surface area contributed by atoms with Crippen LogP contribution in [0.25, 0.3) is 0 Å². The molecule has 1 heterocycles. The van der Waals surface area contributed by atoms with Crippen molar-refractivity contribution in [2.24, 2.45) is 5.92 Å².